The van der Waals surface area contributed by atoms with Crippen molar-refractivity contribution >= 4 is 17.7 Å². The standard InChI is InChI=1S/C7H13NS/c1-5-6(2)7(3)8-9-4/h5H,1-4H3. The van der Waals surface area contributed by atoms with Crippen LogP contribution in [-0.4, -0.2) is 12.0 Å². The average molecular weight is 143 g/mol. The lowest BCUT2D eigenvalue weighted by atomic mass is 10.2. The topological polar surface area (TPSA) is 12.4 Å². The van der Waals surface area contributed by atoms with Crippen molar-refractivity contribution in [2.75, 3.05) is 6.26 Å². The van der Waals surface area contributed by atoms with E-state index >= 15 is 0 Å². The van der Waals surface area contributed by atoms with E-state index in [2.05, 4.69) is 17.4 Å². The zero-order valence-electron chi connectivity index (χ0n) is 6.43. The SMILES string of the molecule is CC=C(C)C(C)=NSC. The number of rotatable bonds is 2. The van der Waals surface area contributed by atoms with E-state index < -0.39 is 0 Å². The van der Waals surface area contributed by atoms with Crippen LogP contribution in [0.5, 0.6) is 0 Å². The highest BCUT2D eigenvalue weighted by atomic mass is 32.2. The Morgan fingerprint density at radius 3 is 2.33 bits per heavy atom. The third kappa shape index (κ3) is 3.36. The van der Waals surface area contributed by atoms with Crippen molar-refractivity contribution in [1.82, 2.24) is 0 Å². The zero-order chi connectivity index (χ0) is 7.28. The fraction of sp³-hybridized carbons (Fsp3) is 0.571. The highest BCUT2D eigenvalue weighted by Gasteiger charge is 1.89. The van der Waals surface area contributed by atoms with Gasteiger partial charge in [-0.25, -0.2) is 4.40 Å². The van der Waals surface area contributed by atoms with Crippen molar-refractivity contribution < 1.29 is 0 Å². The summed E-state index contributed by atoms with van der Waals surface area (Å²) in [6, 6.07) is 0. The maximum atomic E-state index is 4.16. The molecule has 0 aliphatic rings. The molecule has 0 aliphatic heterocycles. The first kappa shape index (κ1) is 8.76. The van der Waals surface area contributed by atoms with Crippen molar-refractivity contribution in [3.05, 3.63) is 11.6 Å². The van der Waals surface area contributed by atoms with Gasteiger partial charge in [0.05, 0.1) is 0 Å². The van der Waals surface area contributed by atoms with Crippen LogP contribution in [0.4, 0.5) is 0 Å². The molecule has 0 amide bonds. The van der Waals surface area contributed by atoms with E-state index in [4.69, 9.17) is 0 Å². The number of hydrogen-bond donors (Lipinski definition) is 0. The molecule has 0 fully saturated rings. The summed E-state index contributed by atoms with van der Waals surface area (Å²) in [6.45, 7) is 6.11. The maximum Gasteiger partial charge on any atom is 0.0481 e. The number of allylic oxidation sites excluding steroid dienone is 2. The highest BCUT2D eigenvalue weighted by Crippen LogP contribution is 2.01. The smallest absolute Gasteiger partial charge is 0.0481 e. The summed E-state index contributed by atoms with van der Waals surface area (Å²) in [5, 5.41) is 0. The van der Waals surface area contributed by atoms with Crippen molar-refractivity contribution in [1.29, 1.82) is 0 Å². The Balaban J connectivity index is 4.03. The Kier molecular flexibility index (Phi) is 4.50. The minimum atomic E-state index is 1.12. The Labute approximate surface area is 61.4 Å². The second-order valence-electron chi connectivity index (χ2n) is 1.83. The van der Waals surface area contributed by atoms with Gasteiger partial charge in [0, 0.05) is 12.0 Å². The molecule has 0 rings (SSSR count). The Morgan fingerprint density at radius 1 is 1.44 bits per heavy atom. The molecular formula is C7H13NS. The quantitative estimate of drug-likeness (QED) is 0.427. The summed E-state index contributed by atoms with van der Waals surface area (Å²) in [5.41, 5.74) is 2.37. The molecule has 9 heavy (non-hydrogen) atoms. The highest BCUT2D eigenvalue weighted by molar-refractivity contribution is 7.97. The molecule has 0 atom stereocenters. The third-order valence-electron chi connectivity index (χ3n) is 1.23. The van der Waals surface area contributed by atoms with Crippen LogP contribution in [0.15, 0.2) is 16.0 Å². The van der Waals surface area contributed by atoms with Crippen molar-refractivity contribution in [3.63, 3.8) is 0 Å². The molecule has 0 saturated heterocycles. The van der Waals surface area contributed by atoms with E-state index in [-0.39, 0.29) is 0 Å². The second-order valence-corrected chi connectivity index (χ2v) is 2.38. The molecule has 0 saturated carbocycles. The molecule has 2 heteroatoms. The van der Waals surface area contributed by atoms with Crippen LogP contribution in [0.25, 0.3) is 0 Å². The van der Waals surface area contributed by atoms with Gasteiger partial charge in [-0.3, -0.25) is 0 Å². The van der Waals surface area contributed by atoms with Crippen molar-refractivity contribution in [2.24, 2.45) is 4.40 Å². The van der Waals surface area contributed by atoms with Gasteiger partial charge in [-0.2, -0.15) is 0 Å². The molecule has 0 spiro atoms. The van der Waals surface area contributed by atoms with Crippen LogP contribution in [0, 0.1) is 0 Å². The van der Waals surface area contributed by atoms with Gasteiger partial charge in [-0.05, 0) is 38.3 Å². The van der Waals surface area contributed by atoms with Gasteiger partial charge in [-0.15, -0.1) is 0 Å². The van der Waals surface area contributed by atoms with Gasteiger partial charge in [0.2, 0.25) is 0 Å². The number of hydrogen-bond acceptors (Lipinski definition) is 2. The molecule has 0 aromatic rings. The lowest BCUT2D eigenvalue weighted by Gasteiger charge is -1.95. The van der Waals surface area contributed by atoms with E-state index in [1.54, 1.807) is 0 Å². The Hall–Kier alpha value is -0.240. The average Bonchev–Trinajstić information content (AvgIpc) is 1.87. The molecule has 1 nitrogen and oxygen atoms in total. The van der Waals surface area contributed by atoms with E-state index in [0.717, 1.165) is 5.71 Å². The first-order valence-electron chi connectivity index (χ1n) is 2.93. The van der Waals surface area contributed by atoms with Gasteiger partial charge in [0.15, 0.2) is 0 Å². The molecule has 0 aromatic heterocycles. The van der Waals surface area contributed by atoms with Crippen LogP contribution in [0.3, 0.4) is 0 Å². The van der Waals surface area contributed by atoms with Gasteiger partial charge >= 0.3 is 0 Å². The minimum Gasteiger partial charge on any atom is -0.222 e. The lowest BCUT2D eigenvalue weighted by molar-refractivity contribution is 1.50. The minimum absolute atomic E-state index is 1.12. The monoisotopic (exact) mass is 143 g/mol. The third-order valence-corrected chi connectivity index (χ3v) is 1.69. The van der Waals surface area contributed by atoms with Gasteiger partial charge in [-0.1, -0.05) is 6.08 Å². The largest absolute Gasteiger partial charge is 0.222 e. The van der Waals surface area contributed by atoms with E-state index in [1.807, 2.05) is 20.1 Å². The summed E-state index contributed by atoms with van der Waals surface area (Å²) in [4.78, 5) is 0. The second kappa shape index (κ2) is 4.62. The van der Waals surface area contributed by atoms with E-state index in [0.29, 0.717) is 0 Å². The van der Waals surface area contributed by atoms with Gasteiger partial charge < -0.3 is 0 Å². The van der Waals surface area contributed by atoms with Crippen molar-refractivity contribution in [2.45, 2.75) is 20.8 Å². The maximum absolute atomic E-state index is 4.16. The molecule has 0 N–H and O–H groups in total. The first-order chi connectivity index (χ1) is 4.22. The van der Waals surface area contributed by atoms with Crippen LogP contribution < -0.4 is 0 Å². The number of nitrogens with zero attached hydrogens (tertiary/aromatic N) is 1. The van der Waals surface area contributed by atoms with Crippen LogP contribution in [0.1, 0.15) is 20.8 Å². The zero-order valence-corrected chi connectivity index (χ0v) is 7.25. The molecule has 52 valence electrons. The molecule has 0 bridgehead atoms. The normalized spacial score (nSPS) is 14.2. The van der Waals surface area contributed by atoms with Crippen LogP contribution in [0.2, 0.25) is 0 Å². The molecular weight excluding hydrogens is 130 g/mol. The predicted molar refractivity (Wildman–Crippen MR) is 46.1 cm³/mol. The molecule has 0 unspecified atom stereocenters. The van der Waals surface area contributed by atoms with Crippen molar-refractivity contribution in [3.8, 4) is 0 Å². The fourth-order valence-corrected chi connectivity index (χ4v) is 0.836. The molecule has 0 aliphatic carbocycles. The Morgan fingerprint density at radius 2 is 2.00 bits per heavy atom. The summed E-state index contributed by atoms with van der Waals surface area (Å²) in [5.74, 6) is 0. The van der Waals surface area contributed by atoms with Crippen LogP contribution >= 0.6 is 11.9 Å². The first-order valence-corrected chi connectivity index (χ1v) is 4.11. The molecule has 0 radical (unpaired) electrons. The van der Waals surface area contributed by atoms with Gasteiger partial charge in [0.1, 0.15) is 0 Å². The lowest BCUT2D eigenvalue weighted by Crippen LogP contribution is -1.89. The van der Waals surface area contributed by atoms with E-state index in [9.17, 15) is 0 Å². The predicted octanol–water partition coefficient (Wildman–Crippen LogP) is 2.69. The Bertz CT molecular complexity index is 136. The fourth-order valence-electron chi connectivity index (χ4n) is 0.418. The summed E-state index contributed by atoms with van der Waals surface area (Å²) in [7, 11) is 0. The van der Waals surface area contributed by atoms with Gasteiger partial charge in [0.25, 0.3) is 0 Å². The van der Waals surface area contributed by atoms with E-state index in [1.165, 1.54) is 17.5 Å². The molecule has 0 aromatic carbocycles. The van der Waals surface area contributed by atoms with Crippen LogP contribution in [-0.2, 0) is 0 Å². The summed E-state index contributed by atoms with van der Waals surface area (Å²) >= 11 is 1.50. The molecule has 0 heterocycles. The summed E-state index contributed by atoms with van der Waals surface area (Å²) in [6.07, 6.45) is 4.03. The summed E-state index contributed by atoms with van der Waals surface area (Å²) < 4.78 is 4.16.